The Kier molecular flexibility index (Phi) is 7.80. The summed E-state index contributed by atoms with van der Waals surface area (Å²) in [5.74, 6) is 0.601. The second kappa shape index (κ2) is 10.3. The number of carbonyl (C=O) groups excluding carboxylic acids is 1. The zero-order chi connectivity index (χ0) is 22.4. The molecule has 0 aromatic heterocycles. The van der Waals surface area contributed by atoms with Crippen LogP contribution < -0.4 is 14.8 Å². The van der Waals surface area contributed by atoms with Gasteiger partial charge in [-0.1, -0.05) is 36.2 Å². The number of sulfonamides is 1. The number of carbonyl (C=O) groups is 1. The Hall–Kier alpha value is -2.29. The van der Waals surface area contributed by atoms with Gasteiger partial charge in [-0.2, -0.15) is 4.31 Å². The molecule has 2 aromatic rings. The van der Waals surface area contributed by atoms with Gasteiger partial charge in [-0.05, 0) is 44.0 Å². The van der Waals surface area contributed by atoms with Gasteiger partial charge in [0, 0.05) is 18.7 Å². The average Bonchev–Trinajstić information content (AvgIpc) is 2.78. The number of hydrogen-bond donors (Lipinski definition) is 1. The van der Waals surface area contributed by atoms with E-state index in [0.717, 1.165) is 24.8 Å². The molecule has 2 aromatic carbocycles. The predicted molar refractivity (Wildman–Crippen MR) is 119 cm³/mol. The van der Waals surface area contributed by atoms with Crippen molar-refractivity contribution in [3.05, 3.63) is 53.1 Å². The highest BCUT2D eigenvalue weighted by atomic mass is 35.5. The third kappa shape index (κ3) is 5.70. The Balaban J connectivity index is 1.61. The maximum Gasteiger partial charge on any atom is 0.258 e. The highest BCUT2D eigenvalue weighted by Gasteiger charge is 2.26. The summed E-state index contributed by atoms with van der Waals surface area (Å²) in [6.07, 6.45) is 2.75. The van der Waals surface area contributed by atoms with Gasteiger partial charge in [-0.15, -0.1) is 0 Å². The first-order chi connectivity index (χ1) is 14.8. The van der Waals surface area contributed by atoms with Gasteiger partial charge in [0.15, 0.2) is 6.61 Å². The largest absolute Gasteiger partial charge is 0.496 e. The lowest BCUT2D eigenvalue weighted by Crippen LogP contribution is -2.35. The normalized spacial score (nSPS) is 15.8. The lowest BCUT2D eigenvalue weighted by atomic mass is 10.1. The molecule has 0 unspecified atom stereocenters. The summed E-state index contributed by atoms with van der Waals surface area (Å²) < 4.78 is 37.9. The van der Waals surface area contributed by atoms with Crippen LogP contribution >= 0.6 is 11.6 Å². The van der Waals surface area contributed by atoms with Gasteiger partial charge in [0.1, 0.15) is 11.5 Å². The van der Waals surface area contributed by atoms with Crippen LogP contribution in [0.1, 0.15) is 37.8 Å². The van der Waals surface area contributed by atoms with E-state index in [0.29, 0.717) is 18.8 Å². The Morgan fingerprint density at radius 2 is 1.84 bits per heavy atom. The fraction of sp³-hybridized carbons (Fsp3) is 0.409. The van der Waals surface area contributed by atoms with Gasteiger partial charge >= 0.3 is 0 Å². The van der Waals surface area contributed by atoms with Gasteiger partial charge in [0.25, 0.3) is 5.91 Å². The van der Waals surface area contributed by atoms with E-state index < -0.39 is 10.0 Å². The molecule has 0 spiro atoms. The Morgan fingerprint density at radius 1 is 1.13 bits per heavy atom. The highest BCUT2D eigenvalue weighted by Crippen LogP contribution is 2.30. The van der Waals surface area contributed by atoms with Crippen molar-refractivity contribution < 1.29 is 22.7 Å². The molecule has 1 fully saturated rings. The third-order valence-electron chi connectivity index (χ3n) is 5.20. The number of piperidine rings is 1. The number of para-hydroxylation sites is 1. The molecular formula is C22H27ClN2O5S. The van der Waals surface area contributed by atoms with Crippen molar-refractivity contribution in [1.29, 1.82) is 0 Å². The van der Waals surface area contributed by atoms with Crippen LogP contribution in [0.3, 0.4) is 0 Å². The van der Waals surface area contributed by atoms with Gasteiger partial charge in [-0.3, -0.25) is 4.79 Å². The maximum absolute atomic E-state index is 12.8. The van der Waals surface area contributed by atoms with Crippen LogP contribution in [0.4, 0.5) is 0 Å². The molecule has 168 valence electrons. The molecule has 0 saturated carbocycles. The molecule has 0 aliphatic carbocycles. The fourth-order valence-electron chi connectivity index (χ4n) is 3.54. The molecule has 0 bridgehead atoms. The van der Waals surface area contributed by atoms with Crippen LogP contribution in [-0.2, 0) is 14.8 Å². The number of ether oxygens (including phenoxy) is 2. The van der Waals surface area contributed by atoms with E-state index in [1.165, 1.54) is 22.5 Å². The summed E-state index contributed by atoms with van der Waals surface area (Å²) >= 11 is 6.24. The first kappa shape index (κ1) is 23.4. The zero-order valence-electron chi connectivity index (χ0n) is 17.6. The van der Waals surface area contributed by atoms with E-state index in [4.69, 9.17) is 21.1 Å². The van der Waals surface area contributed by atoms with Crippen molar-refractivity contribution in [2.24, 2.45) is 0 Å². The third-order valence-corrected chi connectivity index (χ3v) is 7.39. The SMILES string of the molecule is COc1ccccc1[C@@H](C)NC(=O)COc1ccc(S(=O)(=O)N2CCCCC2)cc1Cl. The number of rotatable bonds is 8. The summed E-state index contributed by atoms with van der Waals surface area (Å²) in [4.78, 5) is 12.4. The van der Waals surface area contributed by atoms with E-state index in [1.54, 1.807) is 7.11 Å². The van der Waals surface area contributed by atoms with Gasteiger partial charge in [0.2, 0.25) is 10.0 Å². The van der Waals surface area contributed by atoms with Crippen molar-refractivity contribution in [3.63, 3.8) is 0 Å². The van der Waals surface area contributed by atoms with E-state index in [-0.39, 0.29) is 34.2 Å². The quantitative estimate of drug-likeness (QED) is 0.640. The van der Waals surface area contributed by atoms with Gasteiger partial charge in [-0.25, -0.2) is 8.42 Å². The molecule has 9 heteroatoms. The minimum Gasteiger partial charge on any atom is -0.496 e. The van der Waals surface area contributed by atoms with Crippen molar-refractivity contribution in [3.8, 4) is 11.5 Å². The van der Waals surface area contributed by atoms with Crippen LogP contribution in [0.2, 0.25) is 5.02 Å². The molecule has 1 N–H and O–H groups in total. The lowest BCUT2D eigenvalue weighted by Gasteiger charge is -2.26. The number of halogens is 1. The minimum atomic E-state index is -3.58. The number of nitrogens with one attached hydrogen (secondary N) is 1. The van der Waals surface area contributed by atoms with E-state index in [1.807, 2.05) is 31.2 Å². The number of amides is 1. The van der Waals surface area contributed by atoms with Crippen LogP contribution in [0.25, 0.3) is 0 Å². The molecular weight excluding hydrogens is 440 g/mol. The summed E-state index contributed by atoms with van der Waals surface area (Å²) in [6, 6.07) is 11.5. The van der Waals surface area contributed by atoms with E-state index >= 15 is 0 Å². The second-order valence-corrected chi connectivity index (χ2v) is 9.72. The van der Waals surface area contributed by atoms with E-state index in [2.05, 4.69) is 5.32 Å². The molecule has 31 heavy (non-hydrogen) atoms. The molecule has 7 nitrogen and oxygen atoms in total. The smallest absolute Gasteiger partial charge is 0.258 e. The van der Waals surface area contributed by atoms with Gasteiger partial charge < -0.3 is 14.8 Å². The van der Waals surface area contributed by atoms with Crippen molar-refractivity contribution >= 4 is 27.5 Å². The summed E-state index contributed by atoms with van der Waals surface area (Å²) in [5.41, 5.74) is 0.851. The maximum atomic E-state index is 12.8. The van der Waals surface area contributed by atoms with Crippen molar-refractivity contribution in [1.82, 2.24) is 9.62 Å². The van der Waals surface area contributed by atoms with E-state index in [9.17, 15) is 13.2 Å². The average molecular weight is 467 g/mol. The standard InChI is InChI=1S/C22H27ClN2O5S/c1-16(18-8-4-5-9-20(18)29-2)24-22(26)15-30-21-11-10-17(14-19(21)23)31(27,28)25-12-6-3-7-13-25/h4-5,8-11,14,16H,3,6-7,12-13,15H2,1-2H3,(H,24,26)/t16-/m1/s1. The fourth-order valence-corrected chi connectivity index (χ4v) is 5.39. The zero-order valence-corrected chi connectivity index (χ0v) is 19.2. The first-order valence-corrected chi connectivity index (χ1v) is 12.0. The lowest BCUT2D eigenvalue weighted by molar-refractivity contribution is -0.123. The molecule has 3 rings (SSSR count). The van der Waals surface area contributed by atoms with Gasteiger partial charge in [0.05, 0.1) is 23.1 Å². The predicted octanol–water partition coefficient (Wildman–Crippen LogP) is 3.78. The molecule has 1 aliphatic heterocycles. The molecule has 1 amide bonds. The Bertz CT molecular complexity index is 1020. The van der Waals surface area contributed by atoms with Crippen molar-refractivity contribution in [2.45, 2.75) is 37.1 Å². The van der Waals surface area contributed by atoms with Crippen molar-refractivity contribution in [2.75, 3.05) is 26.8 Å². The highest BCUT2D eigenvalue weighted by molar-refractivity contribution is 7.89. The Morgan fingerprint density at radius 3 is 2.52 bits per heavy atom. The molecule has 1 aliphatic rings. The molecule has 1 saturated heterocycles. The summed E-state index contributed by atoms with van der Waals surface area (Å²) in [6.45, 7) is 2.63. The van der Waals surface area contributed by atoms with Crippen LogP contribution in [-0.4, -0.2) is 45.4 Å². The molecule has 0 radical (unpaired) electrons. The number of hydrogen-bond acceptors (Lipinski definition) is 5. The number of methoxy groups -OCH3 is 1. The minimum absolute atomic E-state index is 0.126. The van der Waals surface area contributed by atoms with Crippen LogP contribution in [0.15, 0.2) is 47.4 Å². The number of benzene rings is 2. The summed E-state index contributed by atoms with van der Waals surface area (Å²) in [7, 11) is -2.01. The topological polar surface area (TPSA) is 84.9 Å². The molecule has 1 atom stereocenters. The van der Waals surface area contributed by atoms with Crippen LogP contribution in [0, 0.1) is 0 Å². The van der Waals surface area contributed by atoms with Crippen LogP contribution in [0.5, 0.6) is 11.5 Å². The molecule has 1 heterocycles. The monoisotopic (exact) mass is 466 g/mol. The first-order valence-electron chi connectivity index (χ1n) is 10.2. The second-order valence-electron chi connectivity index (χ2n) is 7.38. The Labute approximate surface area is 188 Å². The number of nitrogens with zero attached hydrogens (tertiary/aromatic N) is 1. The summed E-state index contributed by atoms with van der Waals surface area (Å²) in [5, 5.41) is 2.99.